The number of sulfonamides is 1. The van der Waals surface area contributed by atoms with Crippen molar-refractivity contribution in [2.24, 2.45) is 5.14 Å². The predicted molar refractivity (Wildman–Crippen MR) is 100 cm³/mol. The van der Waals surface area contributed by atoms with Crippen molar-refractivity contribution < 1.29 is 13.2 Å². The Morgan fingerprint density at radius 3 is 2.63 bits per heavy atom. The third kappa shape index (κ3) is 3.58. The quantitative estimate of drug-likeness (QED) is 0.652. The Balaban J connectivity index is 2.31. The molecule has 2 heterocycles. The fourth-order valence-electron chi connectivity index (χ4n) is 2.91. The number of aromatic nitrogens is 4. The normalized spacial score (nSPS) is 11.9. The first-order valence-electron chi connectivity index (χ1n) is 8.54. The van der Waals surface area contributed by atoms with Crippen molar-refractivity contribution in [1.82, 2.24) is 19.4 Å². The Kier molecular flexibility index (Phi) is 5.03. The van der Waals surface area contributed by atoms with E-state index in [4.69, 9.17) is 9.88 Å². The number of ether oxygens (including phenoxy) is 1. The number of nitrogens with one attached hydrogen (secondary N) is 1. The Morgan fingerprint density at radius 1 is 1.26 bits per heavy atom. The molecule has 9 nitrogen and oxygen atoms in total. The van der Waals surface area contributed by atoms with Crippen LogP contribution in [0, 0.1) is 6.92 Å². The highest BCUT2D eigenvalue weighted by Crippen LogP contribution is 2.30. The Bertz CT molecular complexity index is 1160. The fourth-order valence-corrected chi connectivity index (χ4v) is 3.45. The molecule has 0 spiro atoms. The van der Waals surface area contributed by atoms with Crippen molar-refractivity contribution in [3.63, 3.8) is 0 Å². The summed E-state index contributed by atoms with van der Waals surface area (Å²) in [6, 6.07) is 4.20. The second kappa shape index (κ2) is 7.12. The van der Waals surface area contributed by atoms with Gasteiger partial charge in [0.1, 0.15) is 17.4 Å². The zero-order valence-electron chi connectivity index (χ0n) is 15.3. The second-order valence-corrected chi connectivity index (χ2v) is 7.60. The molecule has 3 N–H and O–H groups in total. The van der Waals surface area contributed by atoms with Gasteiger partial charge in [-0.2, -0.15) is 0 Å². The largest absolute Gasteiger partial charge is 0.493 e. The summed E-state index contributed by atoms with van der Waals surface area (Å²) in [6.45, 7) is 5.91. The van der Waals surface area contributed by atoms with E-state index < -0.39 is 15.7 Å². The standard InChI is InChI=1S/C17H21N5O4S/c1-4-6-13-16-20-15(21-17(23)22(16)10(3)19-13)12-9-11(27(18,24)25)7-8-14(12)26-5-2/h7-9H,4-6H2,1-3H3,(H2,18,24,25)(H,20,21,23). The summed E-state index contributed by atoms with van der Waals surface area (Å²) in [5.74, 6) is 1.13. The van der Waals surface area contributed by atoms with Crippen LogP contribution in [0.3, 0.4) is 0 Å². The lowest BCUT2D eigenvalue weighted by Gasteiger charge is -2.11. The number of hydrogen-bond acceptors (Lipinski definition) is 6. The molecule has 0 amide bonds. The fraction of sp³-hybridized carbons (Fsp3) is 0.353. The van der Waals surface area contributed by atoms with Crippen molar-refractivity contribution in [3.05, 3.63) is 40.2 Å². The van der Waals surface area contributed by atoms with E-state index in [9.17, 15) is 13.2 Å². The first kappa shape index (κ1) is 19.1. The highest BCUT2D eigenvalue weighted by atomic mass is 32.2. The lowest BCUT2D eigenvalue weighted by atomic mass is 10.2. The van der Waals surface area contributed by atoms with Gasteiger partial charge in [-0.15, -0.1) is 0 Å². The summed E-state index contributed by atoms with van der Waals surface area (Å²) in [4.78, 5) is 24.2. The number of aromatic amines is 1. The van der Waals surface area contributed by atoms with E-state index in [2.05, 4.69) is 15.0 Å². The van der Waals surface area contributed by atoms with Gasteiger partial charge >= 0.3 is 5.69 Å². The molecule has 0 saturated carbocycles. The van der Waals surface area contributed by atoms with Gasteiger partial charge in [-0.25, -0.2) is 32.7 Å². The molecule has 3 rings (SSSR count). The summed E-state index contributed by atoms with van der Waals surface area (Å²) >= 11 is 0. The van der Waals surface area contributed by atoms with E-state index in [1.807, 2.05) is 6.92 Å². The lowest BCUT2D eigenvalue weighted by molar-refractivity contribution is 0.341. The van der Waals surface area contributed by atoms with E-state index in [1.165, 1.54) is 22.6 Å². The second-order valence-electron chi connectivity index (χ2n) is 6.04. The van der Waals surface area contributed by atoms with Crippen LogP contribution in [0.1, 0.15) is 31.8 Å². The zero-order chi connectivity index (χ0) is 19.8. The van der Waals surface area contributed by atoms with E-state index in [1.54, 1.807) is 13.8 Å². The molecule has 0 saturated heterocycles. The minimum absolute atomic E-state index is 0.0954. The molecule has 0 unspecified atom stereocenters. The van der Waals surface area contributed by atoms with Crippen LogP contribution in [0.15, 0.2) is 27.9 Å². The lowest BCUT2D eigenvalue weighted by Crippen LogP contribution is -2.20. The number of fused-ring (bicyclic) bond motifs is 1. The molecule has 10 heteroatoms. The van der Waals surface area contributed by atoms with Crippen LogP contribution in [0.2, 0.25) is 0 Å². The third-order valence-corrected chi connectivity index (χ3v) is 4.97. The van der Waals surface area contributed by atoms with Crippen LogP contribution in [0.25, 0.3) is 17.0 Å². The number of hydrogen-bond donors (Lipinski definition) is 2. The maximum Gasteiger partial charge on any atom is 0.334 e. The molecular formula is C17H21N5O4S. The van der Waals surface area contributed by atoms with Crippen molar-refractivity contribution in [2.45, 2.75) is 38.5 Å². The van der Waals surface area contributed by atoms with Gasteiger partial charge < -0.3 is 4.74 Å². The summed E-state index contributed by atoms with van der Waals surface area (Å²) in [6.07, 6.45) is 1.52. The average molecular weight is 391 g/mol. The van der Waals surface area contributed by atoms with E-state index >= 15 is 0 Å². The smallest absolute Gasteiger partial charge is 0.334 e. The molecule has 0 radical (unpaired) electrons. The molecule has 0 aliphatic rings. The molecule has 0 aliphatic heterocycles. The van der Waals surface area contributed by atoms with Gasteiger partial charge in [0, 0.05) is 0 Å². The molecule has 1 aromatic carbocycles. The third-order valence-electron chi connectivity index (χ3n) is 4.06. The molecule has 3 aromatic rings. The van der Waals surface area contributed by atoms with Crippen LogP contribution in [0.4, 0.5) is 0 Å². The number of aryl methyl sites for hydroxylation is 2. The molecule has 0 fully saturated rings. The number of imidazole rings is 1. The number of nitrogens with two attached hydrogens (primary N) is 1. The first-order chi connectivity index (χ1) is 12.8. The van der Waals surface area contributed by atoms with Gasteiger partial charge in [0.15, 0.2) is 5.65 Å². The van der Waals surface area contributed by atoms with Crippen LogP contribution in [0.5, 0.6) is 5.75 Å². The Morgan fingerprint density at radius 2 is 2.00 bits per heavy atom. The minimum Gasteiger partial charge on any atom is -0.493 e. The summed E-state index contributed by atoms with van der Waals surface area (Å²) in [5, 5.41) is 5.24. The molecule has 0 atom stereocenters. The van der Waals surface area contributed by atoms with Crippen molar-refractivity contribution in [1.29, 1.82) is 0 Å². The van der Waals surface area contributed by atoms with Crippen molar-refractivity contribution in [3.8, 4) is 17.1 Å². The minimum atomic E-state index is -3.92. The molecule has 0 aliphatic carbocycles. The van der Waals surface area contributed by atoms with Gasteiger partial charge in [0.25, 0.3) is 0 Å². The first-order valence-corrected chi connectivity index (χ1v) is 10.1. The maximum absolute atomic E-state index is 12.6. The molecule has 27 heavy (non-hydrogen) atoms. The summed E-state index contributed by atoms with van der Waals surface area (Å²) in [5.41, 5.74) is 1.08. The van der Waals surface area contributed by atoms with Gasteiger partial charge in [-0.1, -0.05) is 13.3 Å². The summed E-state index contributed by atoms with van der Waals surface area (Å²) in [7, 11) is -3.92. The Labute approximate surface area is 156 Å². The van der Waals surface area contributed by atoms with Gasteiger partial charge in [-0.05, 0) is 38.5 Å². The van der Waals surface area contributed by atoms with E-state index in [0.717, 1.165) is 6.42 Å². The van der Waals surface area contributed by atoms with Gasteiger partial charge in [-0.3, -0.25) is 4.98 Å². The number of primary sulfonamides is 1. The van der Waals surface area contributed by atoms with Crippen molar-refractivity contribution in [2.75, 3.05) is 6.61 Å². The molecular weight excluding hydrogens is 370 g/mol. The Hall–Kier alpha value is -2.72. The SMILES string of the molecule is CCCc1nc(C)n2c(=O)[nH]c(-c3cc(S(N)(=O)=O)ccc3OCC)nc12. The zero-order valence-corrected chi connectivity index (χ0v) is 16.1. The maximum atomic E-state index is 12.6. The van der Waals surface area contributed by atoms with Crippen LogP contribution < -0.4 is 15.6 Å². The molecule has 2 aromatic heterocycles. The van der Waals surface area contributed by atoms with Gasteiger partial charge in [0.05, 0.1) is 22.8 Å². The van der Waals surface area contributed by atoms with Crippen molar-refractivity contribution >= 4 is 15.7 Å². The van der Waals surface area contributed by atoms with Crippen LogP contribution >= 0.6 is 0 Å². The molecule has 0 bridgehead atoms. The monoisotopic (exact) mass is 391 g/mol. The molecule has 144 valence electrons. The number of rotatable bonds is 6. The number of H-pyrrole nitrogens is 1. The number of nitrogens with zero attached hydrogens (tertiary/aromatic N) is 3. The summed E-state index contributed by atoms with van der Waals surface area (Å²) < 4.78 is 30.5. The predicted octanol–water partition coefficient (Wildman–Crippen LogP) is 1.39. The van der Waals surface area contributed by atoms with Crippen LogP contribution in [-0.2, 0) is 16.4 Å². The highest BCUT2D eigenvalue weighted by Gasteiger charge is 2.18. The topological polar surface area (TPSA) is 132 Å². The average Bonchev–Trinajstić information content (AvgIpc) is 2.91. The number of benzene rings is 1. The van der Waals surface area contributed by atoms with Gasteiger partial charge in [0.2, 0.25) is 10.0 Å². The van der Waals surface area contributed by atoms with E-state index in [-0.39, 0.29) is 10.7 Å². The highest BCUT2D eigenvalue weighted by molar-refractivity contribution is 7.89. The van der Waals surface area contributed by atoms with Crippen LogP contribution in [-0.4, -0.2) is 34.4 Å². The van der Waals surface area contributed by atoms with E-state index in [0.29, 0.717) is 41.5 Å².